The van der Waals surface area contributed by atoms with Gasteiger partial charge in [-0.05, 0) is 25.0 Å². The van der Waals surface area contributed by atoms with Crippen LogP contribution >= 0.6 is 0 Å². The Hall–Kier alpha value is -2.90. The SMILES string of the molecule is CCc1ccccc1N1C[C@H](C(=O)O[C@@H](C)C(=O)NC(N)=O)CC1=O. The molecule has 0 aliphatic carbocycles. The van der Waals surface area contributed by atoms with Crippen molar-refractivity contribution in [3.8, 4) is 0 Å². The van der Waals surface area contributed by atoms with Crippen LogP contribution in [0.5, 0.6) is 0 Å². The van der Waals surface area contributed by atoms with Crippen molar-refractivity contribution in [1.29, 1.82) is 0 Å². The number of primary amides is 1. The third-order valence-electron chi connectivity index (χ3n) is 4.03. The molecule has 1 aromatic carbocycles. The molecule has 25 heavy (non-hydrogen) atoms. The second kappa shape index (κ2) is 7.78. The number of esters is 1. The fourth-order valence-electron chi connectivity index (χ4n) is 2.72. The van der Waals surface area contributed by atoms with Gasteiger partial charge in [0.05, 0.1) is 5.92 Å². The maximum Gasteiger partial charge on any atom is 0.318 e. The molecule has 2 atom stereocenters. The highest BCUT2D eigenvalue weighted by molar-refractivity contribution is 6.01. The molecule has 1 saturated heterocycles. The van der Waals surface area contributed by atoms with Crippen LogP contribution in [0.15, 0.2) is 24.3 Å². The summed E-state index contributed by atoms with van der Waals surface area (Å²) in [5, 5.41) is 1.84. The number of amides is 4. The maximum atomic E-state index is 12.3. The van der Waals surface area contributed by atoms with E-state index in [-0.39, 0.29) is 18.9 Å². The molecule has 0 bridgehead atoms. The van der Waals surface area contributed by atoms with E-state index in [1.54, 1.807) is 4.90 Å². The van der Waals surface area contributed by atoms with Crippen molar-refractivity contribution >= 4 is 29.5 Å². The molecule has 2 rings (SSSR count). The van der Waals surface area contributed by atoms with E-state index in [0.717, 1.165) is 17.7 Å². The summed E-state index contributed by atoms with van der Waals surface area (Å²) in [7, 11) is 0. The predicted molar refractivity (Wildman–Crippen MR) is 89.6 cm³/mol. The van der Waals surface area contributed by atoms with Crippen LogP contribution in [-0.2, 0) is 25.5 Å². The molecule has 1 aliphatic heterocycles. The van der Waals surface area contributed by atoms with E-state index in [4.69, 9.17) is 10.5 Å². The monoisotopic (exact) mass is 347 g/mol. The average molecular weight is 347 g/mol. The van der Waals surface area contributed by atoms with Gasteiger partial charge in [0, 0.05) is 18.7 Å². The van der Waals surface area contributed by atoms with Crippen molar-refractivity contribution in [2.24, 2.45) is 11.7 Å². The van der Waals surface area contributed by atoms with E-state index < -0.39 is 29.9 Å². The molecule has 0 spiro atoms. The van der Waals surface area contributed by atoms with Crippen molar-refractivity contribution in [1.82, 2.24) is 5.32 Å². The molecule has 0 radical (unpaired) electrons. The molecule has 1 aliphatic rings. The number of rotatable bonds is 5. The van der Waals surface area contributed by atoms with Gasteiger partial charge < -0.3 is 15.4 Å². The number of carbonyl (C=O) groups excluding carboxylic acids is 4. The van der Waals surface area contributed by atoms with Gasteiger partial charge >= 0.3 is 12.0 Å². The molecule has 0 saturated carbocycles. The van der Waals surface area contributed by atoms with Crippen LogP contribution in [0.1, 0.15) is 25.8 Å². The van der Waals surface area contributed by atoms with Gasteiger partial charge in [0.15, 0.2) is 6.10 Å². The van der Waals surface area contributed by atoms with E-state index in [0.29, 0.717) is 0 Å². The van der Waals surface area contributed by atoms with Crippen LogP contribution in [-0.4, -0.2) is 36.5 Å². The fraction of sp³-hybridized carbons (Fsp3) is 0.412. The van der Waals surface area contributed by atoms with Crippen molar-refractivity contribution in [2.45, 2.75) is 32.8 Å². The standard InChI is InChI=1S/C17H21N3O5/c1-3-11-6-4-5-7-13(11)20-9-12(8-14(20)21)16(23)25-10(2)15(22)19-17(18)24/h4-7,10,12H,3,8-9H2,1-2H3,(H3,18,19,22,24)/t10-,12+/m0/s1. The summed E-state index contributed by atoms with van der Waals surface area (Å²) in [4.78, 5) is 48.3. The van der Waals surface area contributed by atoms with E-state index in [9.17, 15) is 19.2 Å². The van der Waals surface area contributed by atoms with E-state index in [1.165, 1.54) is 6.92 Å². The molecule has 8 heteroatoms. The first kappa shape index (κ1) is 18.4. The van der Waals surface area contributed by atoms with Crippen LogP contribution in [0, 0.1) is 5.92 Å². The molecular formula is C17H21N3O5. The fourth-order valence-corrected chi connectivity index (χ4v) is 2.72. The Bertz CT molecular complexity index is 703. The van der Waals surface area contributed by atoms with E-state index >= 15 is 0 Å². The van der Waals surface area contributed by atoms with Gasteiger partial charge in [0.25, 0.3) is 5.91 Å². The molecule has 1 heterocycles. The highest BCUT2D eigenvalue weighted by Crippen LogP contribution is 2.29. The Kier molecular flexibility index (Phi) is 5.74. The van der Waals surface area contributed by atoms with Crippen molar-refractivity contribution in [2.75, 3.05) is 11.4 Å². The van der Waals surface area contributed by atoms with Crippen LogP contribution in [0.4, 0.5) is 10.5 Å². The minimum atomic E-state index is -1.17. The Balaban J connectivity index is 2.03. The van der Waals surface area contributed by atoms with Crippen LogP contribution < -0.4 is 16.0 Å². The first-order valence-electron chi connectivity index (χ1n) is 8.02. The van der Waals surface area contributed by atoms with Crippen LogP contribution in [0.2, 0.25) is 0 Å². The molecule has 134 valence electrons. The number of imide groups is 1. The van der Waals surface area contributed by atoms with Gasteiger partial charge in [-0.15, -0.1) is 0 Å². The molecule has 0 unspecified atom stereocenters. The zero-order valence-electron chi connectivity index (χ0n) is 14.2. The van der Waals surface area contributed by atoms with Gasteiger partial charge in [-0.2, -0.15) is 0 Å². The Morgan fingerprint density at radius 1 is 1.36 bits per heavy atom. The van der Waals surface area contributed by atoms with Gasteiger partial charge in [0.2, 0.25) is 5.91 Å². The lowest BCUT2D eigenvalue weighted by Crippen LogP contribution is -2.42. The van der Waals surface area contributed by atoms with Gasteiger partial charge in [0.1, 0.15) is 0 Å². The number of benzene rings is 1. The number of nitrogens with one attached hydrogen (secondary N) is 1. The second-order valence-electron chi connectivity index (χ2n) is 5.82. The number of ether oxygens (including phenoxy) is 1. The molecule has 0 aromatic heterocycles. The predicted octanol–water partition coefficient (Wildman–Crippen LogP) is 0.729. The summed E-state index contributed by atoms with van der Waals surface area (Å²) in [5.41, 5.74) is 6.64. The number of nitrogens with zero attached hydrogens (tertiary/aromatic N) is 1. The van der Waals surface area contributed by atoms with Crippen molar-refractivity contribution in [3.05, 3.63) is 29.8 Å². The van der Waals surface area contributed by atoms with Gasteiger partial charge in [-0.3, -0.25) is 19.7 Å². The maximum absolute atomic E-state index is 12.3. The number of hydrogen-bond donors (Lipinski definition) is 2. The lowest BCUT2D eigenvalue weighted by Gasteiger charge is -2.20. The first-order chi connectivity index (χ1) is 11.8. The van der Waals surface area contributed by atoms with Gasteiger partial charge in [-0.25, -0.2) is 4.79 Å². The summed E-state index contributed by atoms with van der Waals surface area (Å²) >= 11 is 0. The Labute approximate surface area is 145 Å². The van der Waals surface area contributed by atoms with Crippen LogP contribution in [0.25, 0.3) is 0 Å². The summed E-state index contributed by atoms with van der Waals surface area (Å²) < 4.78 is 5.05. The highest BCUT2D eigenvalue weighted by Gasteiger charge is 2.37. The third-order valence-corrected chi connectivity index (χ3v) is 4.03. The van der Waals surface area contributed by atoms with E-state index in [2.05, 4.69) is 0 Å². The third kappa shape index (κ3) is 4.34. The normalized spacial score (nSPS) is 17.9. The minimum absolute atomic E-state index is 0.0149. The lowest BCUT2D eigenvalue weighted by atomic mass is 10.1. The van der Waals surface area contributed by atoms with Gasteiger partial charge in [-0.1, -0.05) is 25.1 Å². The topological polar surface area (TPSA) is 119 Å². The number of para-hydroxylation sites is 1. The highest BCUT2D eigenvalue weighted by atomic mass is 16.5. The van der Waals surface area contributed by atoms with E-state index in [1.807, 2.05) is 36.5 Å². The lowest BCUT2D eigenvalue weighted by molar-refractivity contribution is -0.158. The second-order valence-corrected chi connectivity index (χ2v) is 5.82. The smallest absolute Gasteiger partial charge is 0.318 e. The minimum Gasteiger partial charge on any atom is -0.452 e. The summed E-state index contributed by atoms with van der Waals surface area (Å²) in [5.74, 6) is -2.30. The number of aryl methyl sites for hydroxylation is 1. The van der Waals surface area contributed by atoms with Crippen molar-refractivity contribution in [3.63, 3.8) is 0 Å². The molecule has 4 amide bonds. The molecular weight excluding hydrogens is 326 g/mol. The average Bonchev–Trinajstić information content (AvgIpc) is 2.95. The molecule has 1 aromatic rings. The number of anilines is 1. The molecule has 3 N–H and O–H groups in total. The number of carbonyl (C=O) groups is 4. The summed E-state index contributed by atoms with van der Waals surface area (Å²) in [6.07, 6.45) is -0.396. The first-order valence-corrected chi connectivity index (χ1v) is 8.02. The largest absolute Gasteiger partial charge is 0.452 e. The van der Waals surface area contributed by atoms with Crippen LogP contribution in [0.3, 0.4) is 0 Å². The zero-order chi connectivity index (χ0) is 18.6. The number of hydrogen-bond acceptors (Lipinski definition) is 5. The Morgan fingerprint density at radius 3 is 2.68 bits per heavy atom. The molecule has 8 nitrogen and oxygen atoms in total. The number of urea groups is 1. The zero-order valence-corrected chi connectivity index (χ0v) is 14.2. The summed E-state index contributed by atoms with van der Waals surface area (Å²) in [6.45, 7) is 3.51. The number of nitrogens with two attached hydrogens (primary N) is 1. The Morgan fingerprint density at radius 2 is 2.04 bits per heavy atom. The van der Waals surface area contributed by atoms with Crippen molar-refractivity contribution < 1.29 is 23.9 Å². The molecule has 1 fully saturated rings. The quantitative estimate of drug-likeness (QED) is 0.761. The summed E-state index contributed by atoms with van der Waals surface area (Å²) in [6, 6.07) is 6.49.